The average Bonchev–Trinajstić information content (AvgIpc) is 3.22. The van der Waals surface area contributed by atoms with E-state index in [-0.39, 0.29) is 12.3 Å². The summed E-state index contributed by atoms with van der Waals surface area (Å²) in [6, 6.07) is 16.4. The molecular weight excluding hydrogens is 348 g/mol. The van der Waals surface area contributed by atoms with Crippen molar-refractivity contribution in [1.82, 2.24) is 20.4 Å². The van der Waals surface area contributed by atoms with Crippen molar-refractivity contribution in [2.45, 2.75) is 6.10 Å². The van der Waals surface area contributed by atoms with Crippen LogP contribution in [0.2, 0.25) is 0 Å². The molecule has 1 aliphatic rings. The Hall–Kier alpha value is -3.81. The van der Waals surface area contributed by atoms with Crippen LogP contribution in [0, 0.1) is 0 Å². The van der Waals surface area contributed by atoms with E-state index in [1.54, 1.807) is 22.8 Å². The summed E-state index contributed by atoms with van der Waals surface area (Å²) in [5, 5.41) is 0. The van der Waals surface area contributed by atoms with E-state index in [0.29, 0.717) is 11.5 Å². The highest BCUT2D eigenvalue weighted by Crippen LogP contribution is 2.30. The number of hydrogen-bond donors (Lipinski definition) is 2. The maximum atomic E-state index is 12.4. The quantitative estimate of drug-likeness (QED) is 0.687. The van der Waals surface area contributed by atoms with Crippen molar-refractivity contribution < 1.29 is 19.1 Å². The second-order valence-corrected chi connectivity index (χ2v) is 5.79. The smallest absolute Gasteiger partial charge is 0.288 e. The van der Waals surface area contributed by atoms with Crippen LogP contribution >= 0.6 is 0 Å². The largest absolute Gasteiger partial charge is 0.485 e. The van der Waals surface area contributed by atoms with E-state index >= 15 is 0 Å². The fraction of sp³-hybridized carbons (Fsp3) is 0.105. The molecule has 0 saturated carbocycles. The number of benzene rings is 2. The Morgan fingerprint density at radius 1 is 1.00 bits per heavy atom. The Kier molecular flexibility index (Phi) is 4.44. The van der Waals surface area contributed by atoms with Gasteiger partial charge in [-0.1, -0.05) is 30.3 Å². The van der Waals surface area contributed by atoms with Crippen molar-refractivity contribution in [2.75, 3.05) is 6.61 Å². The highest BCUT2D eigenvalue weighted by Gasteiger charge is 2.27. The fourth-order valence-corrected chi connectivity index (χ4v) is 2.67. The topological polar surface area (TPSA) is 94.5 Å². The molecule has 0 unspecified atom stereocenters. The molecule has 8 nitrogen and oxygen atoms in total. The van der Waals surface area contributed by atoms with E-state index in [9.17, 15) is 9.59 Å². The second kappa shape index (κ2) is 7.20. The normalized spacial score (nSPS) is 15.0. The Morgan fingerprint density at radius 3 is 2.56 bits per heavy atom. The molecule has 2 heterocycles. The van der Waals surface area contributed by atoms with Crippen LogP contribution in [0.1, 0.15) is 10.5 Å². The average molecular weight is 364 g/mol. The van der Waals surface area contributed by atoms with Gasteiger partial charge in [-0.2, -0.15) is 0 Å². The predicted molar refractivity (Wildman–Crippen MR) is 95.5 cm³/mol. The van der Waals surface area contributed by atoms with Gasteiger partial charge in [0.2, 0.25) is 6.10 Å². The minimum Gasteiger partial charge on any atom is -0.485 e. The van der Waals surface area contributed by atoms with E-state index in [0.717, 1.165) is 5.69 Å². The van der Waals surface area contributed by atoms with Crippen molar-refractivity contribution in [3.63, 3.8) is 0 Å². The minimum absolute atomic E-state index is 0.0562. The molecule has 8 heteroatoms. The lowest BCUT2D eigenvalue weighted by Gasteiger charge is -2.25. The van der Waals surface area contributed by atoms with E-state index in [2.05, 4.69) is 15.8 Å². The van der Waals surface area contributed by atoms with E-state index < -0.39 is 17.9 Å². The number of nitrogens with zero attached hydrogens (tertiary/aromatic N) is 2. The molecule has 136 valence electrons. The Morgan fingerprint density at radius 2 is 1.74 bits per heavy atom. The number of aromatic nitrogens is 2. The molecule has 3 aromatic rings. The number of amides is 2. The number of para-hydroxylation sites is 3. The van der Waals surface area contributed by atoms with Gasteiger partial charge < -0.3 is 9.47 Å². The Labute approximate surface area is 154 Å². The minimum atomic E-state index is -0.862. The zero-order valence-corrected chi connectivity index (χ0v) is 14.2. The van der Waals surface area contributed by atoms with Crippen LogP contribution in [0.4, 0.5) is 0 Å². The molecule has 0 radical (unpaired) electrons. The van der Waals surface area contributed by atoms with Crippen LogP contribution < -0.4 is 20.3 Å². The van der Waals surface area contributed by atoms with Gasteiger partial charge in [-0.25, -0.2) is 4.98 Å². The number of carbonyl (C=O) groups excluding carboxylic acids is 2. The lowest BCUT2D eigenvalue weighted by molar-refractivity contribution is -0.131. The molecule has 0 bridgehead atoms. The molecule has 1 atom stereocenters. The van der Waals surface area contributed by atoms with Crippen molar-refractivity contribution in [3.05, 3.63) is 72.8 Å². The highest BCUT2D eigenvalue weighted by atomic mass is 16.6. The zero-order valence-electron chi connectivity index (χ0n) is 14.2. The van der Waals surface area contributed by atoms with Crippen LogP contribution in [0.25, 0.3) is 5.69 Å². The third kappa shape index (κ3) is 3.45. The molecule has 1 aromatic heterocycles. The molecule has 0 fully saturated rings. The number of hydrogen-bond acceptors (Lipinski definition) is 5. The van der Waals surface area contributed by atoms with Crippen LogP contribution in [0.5, 0.6) is 11.5 Å². The molecule has 2 amide bonds. The number of imidazole rings is 1. The van der Waals surface area contributed by atoms with Crippen LogP contribution in [0.15, 0.2) is 67.1 Å². The van der Waals surface area contributed by atoms with Gasteiger partial charge in [0.15, 0.2) is 11.5 Å². The van der Waals surface area contributed by atoms with E-state index in [1.807, 2.05) is 36.4 Å². The van der Waals surface area contributed by atoms with Crippen LogP contribution in [-0.4, -0.2) is 34.1 Å². The molecule has 0 saturated heterocycles. The third-order valence-corrected chi connectivity index (χ3v) is 4.01. The summed E-state index contributed by atoms with van der Waals surface area (Å²) in [5.74, 6) is 0.0557. The monoisotopic (exact) mass is 364 g/mol. The van der Waals surface area contributed by atoms with Gasteiger partial charge in [-0.05, 0) is 24.3 Å². The summed E-state index contributed by atoms with van der Waals surface area (Å²) in [4.78, 5) is 28.7. The van der Waals surface area contributed by atoms with Crippen LogP contribution in [0.3, 0.4) is 0 Å². The lowest BCUT2D eigenvalue weighted by atomic mass is 10.2. The molecule has 4 rings (SSSR count). The van der Waals surface area contributed by atoms with Crippen LogP contribution in [-0.2, 0) is 4.79 Å². The van der Waals surface area contributed by atoms with Gasteiger partial charge in [0.1, 0.15) is 12.3 Å². The third-order valence-electron chi connectivity index (χ3n) is 4.01. The van der Waals surface area contributed by atoms with E-state index in [1.165, 1.54) is 12.5 Å². The first-order valence-corrected chi connectivity index (χ1v) is 8.29. The maximum Gasteiger partial charge on any atom is 0.288 e. The summed E-state index contributed by atoms with van der Waals surface area (Å²) in [6.07, 6.45) is 2.09. The zero-order chi connectivity index (χ0) is 18.6. The highest BCUT2D eigenvalue weighted by molar-refractivity contribution is 5.94. The number of rotatable bonds is 3. The molecule has 2 N–H and O–H groups in total. The molecule has 1 aliphatic heterocycles. The fourth-order valence-electron chi connectivity index (χ4n) is 2.67. The van der Waals surface area contributed by atoms with Crippen molar-refractivity contribution in [3.8, 4) is 17.2 Å². The first-order valence-electron chi connectivity index (χ1n) is 8.29. The van der Waals surface area contributed by atoms with E-state index in [4.69, 9.17) is 9.47 Å². The summed E-state index contributed by atoms with van der Waals surface area (Å²) in [5.41, 5.74) is 5.82. The number of nitrogens with one attached hydrogen (secondary N) is 2. The standard InChI is InChI=1S/C19H16N4O4/c24-18(14-10-20-12-23(14)13-6-2-1-3-7-13)21-22-19(25)17-11-26-15-8-4-5-9-16(15)27-17/h1-10,12,17H,11H2,(H,21,24)(H,22,25)/t17-/m0/s1. The predicted octanol–water partition coefficient (Wildman–Crippen LogP) is 1.47. The Bertz CT molecular complexity index is 971. The van der Waals surface area contributed by atoms with Gasteiger partial charge in [0.25, 0.3) is 11.8 Å². The molecule has 0 spiro atoms. The van der Waals surface area contributed by atoms with Crippen molar-refractivity contribution >= 4 is 11.8 Å². The molecule has 27 heavy (non-hydrogen) atoms. The van der Waals surface area contributed by atoms with Crippen molar-refractivity contribution in [1.29, 1.82) is 0 Å². The lowest BCUT2D eigenvalue weighted by Crippen LogP contribution is -2.51. The summed E-state index contributed by atoms with van der Waals surface area (Å²) >= 11 is 0. The van der Waals surface area contributed by atoms with Gasteiger partial charge in [0, 0.05) is 5.69 Å². The molecule has 2 aromatic carbocycles. The number of carbonyl (C=O) groups is 2. The number of hydrazine groups is 1. The maximum absolute atomic E-state index is 12.4. The van der Waals surface area contributed by atoms with Crippen molar-refractivity contribution in [2.24, 2.45) is 0 Å². The SMILES string of the molecule is O=C(NNC(=O)[C@@H]1COc2ccccc2O1)c1cncn1-c1ccccc1. The Balaban J connectivity index is 1.39. The van der Waals surface area contributed by atoms with Gasteiger partial charge in [-0.15, -0.1) is 0 Å². The summed E-state index contributed by atoms with van der Waals surface area (Å²) in [6.45, 7) is 0.0562. The number of fused-ring (bicyclic) bond motifs is 1. The summed E-state index contributed by atoms with van der Waals surface area (Å²) < 4.78 is 12.7. The first kappa shape index (κ1) is 16.6. The van der Waals surface area contributed by atoms with Gasteiger partial charge in [-0.3, -0.25) is 25.0 Å². The molecular formula is C19H16N4O4. The summed E-state index contributed by atoms with van der Waals surface area (Å²) in [7, 11) is 0. The van der Waals surface area contributed by atoms with Gasteiger partial charge >= 0.3 is 0 Å². The van der Waals surface area contributed by atoms with Gasteiger partial charge in [0.05, 0.1) is 12.5 Å². The second-order valence-electron chi connectivity index (χ2n) is 5.79. The number of ether oxygens (including phenoxy) is 2. The first-order chi connectivity index (χ1) is 13.2. The molecule has 0 aliphatic carbocycles.